The second kappa shape index (κ2) is 46.3. The predicted octanol–water partition coefficient (Wildman–Crippen LogP) is 13.8. The van der Waals surface area contributed by atoms with Crippen LogP contribution in [0.5, 0.6) is 0 Å². The van der Waals surface area contributed by atoms with Gasteiger partial charge < -0.3 is 28.6 Å². The molecule has 0 N–H and O–H groups in total. The molecule has 0 bridgehead atoms. The van der Waals surface area contributed by atoms with Gasteiger partial charge in [0.05, 0.1) is 40.3 Å². The number of ether oxygens (including phenoxy) is 3. The molecule has 0 spiro atoms. The van der Waals surface area contributed by atoms with Gasteiger partial charge in [0.2, 0.25) is 0 Å². The van der Waals surface area contributed by atoms with E-state index in [1.165, 1.54) is 103 Å². The van der Waals surface area contributed by atoms with E-state index in [4.69, 9.17) is 14.2 Å². The molecule has 368 valence electrons. The van der Waals surface area contributed by atoms with E-state index in [1.54, 1.807) is 21.1 Å². The molecule has 0 aliphatic rings. The molecule has 0 aromatic rings. The van der Waals surface area contributed by atoms with Crippen molar-refractivity contribution in [1.82, 2.24) is 0 Å². The summed E-state index contributed by atoms with van der Waals surface area (Å²) in [7, 11) is 5.40. The molecular formula is C56H97NO7. The van der Waals surface area contributed by atoms with Crippen LogP contribution in [0.2, 0.25) is 0 Å². The number of hydrogen-bond donors (Lipinski definition) is 0. The van der Waals surface area contributed by atoms with Gasteiger partial charge in [0.25, 0.3) is 0 Å². The van der Waals surface area contributed by atoms with Gasteiger partial charge in [-0.15, -0.1) is 0 Å². The molecule has 64 heavy (non-hydrogen) atoms. The van der Waals surface area contributed by atoms with Crippen molar-refractivity contribution < 1.29 is 38.2 Å². The molecule has 0 amide bonds. The first-order chi connectivity index (χ1) is 31.1. The maximum Gasteiger partial charge on any atom is 0.306 e. The van der Waals surface area contributed by atoms with Crippen LogP contribution in [0.15, 0.2) is 72.9 Å². The molecule has 0 aliphatic heterocycles. The van der Waals surface area contributed by atoms with Crippen molar-refractivity contribution in [2.75, 3.05) is 41.0 Å². The first kappa shape index (κ1) is 60.8. The number of allylic oxidation sites excluding steroid dienone is 12. The molecule has 8 nitrogen and oxygen atoms in total. The van der Waals surface area contributed by atoms with Crippen molar-refractivity contribution >= 4 is 17.9 Å². The zero-order valence-electron chi connectivity index (χ0n) is 41.9. The van der Waals surface area contributed by atoms with Crippen LogP contribution < -0.4 is 5.11 Å². The highest BCUT2D eigenvalue weighted by molar-refractivity contribution is 5.70. The minimum absolute atomic E-state index is 0.0256. The topological polar surface area (TPSA) is 102 Å². The first-order valence-corrected chi connectivity index (χ1v) is 26.0. The lowest BCUT2D eigenvalue weighted by molar-refractivity contribution is -0.889. The van der Waals surface area contributed by atoms with Crippen LogP contribution in [-0.2, 0) is 28.6 Å². The molecule has 0 saturated carbocycles. The fraction of sp³-hybridized carbons (Fsp3) is 0.732. The highest BCUT2D eigenvalue weighted by atomic mass is 16.6. The second-order valence-electron chi connectivity index (χ2n) is 18.4. The largest absolute Gasteiger partial charge is 0.544 e. The molecule has 8 heteroatoms. The molecule has 0 aromatic heterocycles. The molecule has 2 unspecified atom stereocenters. The van der Waals surface area contributed by atoms with E-state index < -0.39 is 18.1 Å². The van der Waals surface area contributed by atoms with Gasteiger partial charge in [0.1, 0.15) is 12.6 Å². The lowest BCUT2D eigenvalue weighted by Crippen LogP contribution is -2.55. The summed E-state index contributed by atoms with van der Waals surface area (Å²) < 4.78 is 17.2. The van der Waals surface area contributed by atoms with E-state index in [2.05, 4.69) is 86.8 Å². The number of carbonyl (C=O) groups excluding carboxylic acids is 3. The van der Waals surface area contributed by atoms with Crippen LogP contribution >= 0.6 is 0 Å². The van der Waals surface area contributed by atoms with Gasteiger partial charge in [-0.05, 0) is 64.2 Å². The third-order valence-electron chi connectivity index (χ3n) is 11.4. The SMILES string of the molecule is CC/C=C/C/C=C/C/C=C/C/C=C/C/C=C/C/C=C/CCCCC(=O)OCC(COCCC(C(=O)[O-])[N+](C)(C)C)OC(=O)CCCCCCCCCCCCCCCCCCCCC. The van der Waals surface area contributed by atoms with E-state index in [0.29, 0.717) is 19.3 Å². The number of carboxylic acid groups (broad SMARTS) is 1. The maximum atomic E-state index is 12.8. The number of quaternary nitrogens is 1. The van der Waals surface area contributed by atoms with Gasteiger partial charge >= 0.3 is 11.9 Å². The van der Waals surface area contributed by atoms with Crippen molar-refractivity contribution in [2.24, 2.45) is 0 Å². The lowest BCUT2D eigenvalue weighted by atomic mass is 10.0. The molecule has 0 aromatic carbocycles. The predicted molar refractivity (Wildman–Crippen MR) is 268 cm³/mol. The van der Waals surface area contributed by atoms with Crippen LogP contribution in [0.4, 0.5) is 0 Å². The van der Waals surface area contributed by atoms with Crippen LogP contribution in [0.25, 0.3) is 0 Å². The van der Waals surface area contributed by atoms with Gasteiger partial charge in [-0.1, -0.05) is 202 Å². The smallest absolute Gasteiger partial charge is 0.306 e. The van der Waals surface area contributed by atoms with Crippen LogP contribution in [0, 0.1) is 0 Å². The number of rotatable bonds is 46. The Balaban J connectivity index is 4.32. The number of carboxylic acids is 1. The van der Waals surface area contributed by atoms with E-state index in [1.807, 2.05) is 0 Å². The summed E-state index contributed by atoms with van der Waals surface area (Å²) >= 11 is 0. The second-order valence-corrected chi connectivity index (χ2v) is 18.4. The first-order valence-electron chi connectivity index (χ1n) is 26.0. The maximum absolute atomic E-state index is 12.8. The highest BCUT2D eigenvalue weighted by Crippen LogP contribution is 2.16. The van der Waals surface area contributed by atoms with Gasteiger partial charge in [0, 0.05) is 19.3 Å². The number of hydrogen-bond acceptors (Lipinski definition) is 7. The number of aliphatic carboxylic acids is 1. The Bertz CT molecular complexity index is 1270. The van der Waals surface area contributed by atoms with Gasteiger partial charge in [-0.3, -0.25) is 9.59 Å². The monoisotopic (exact) mass is 896 g/mol. The van der Waals surface area contributed by atoms with Crippen LogP contribution in [0.3, 0.4) is 0 Å². The molecular weight excluding hydrogens is 799 g/mol. The summed E-state index contributed by atoms with van der Waals surface area (Å²) in [6.45, 7) is 4.52. The van der Waals surface area contributed by atoms with Crippen molar-refractivity contribution in [2.45, 2.75) is 225 Å². The molecule has 0 radical (unpaired) electrons. The van der Waals surface area contributed by atoms with Crippen molar-refractivity contribution in [3.05, 3.63) is 72.9 Å². The zero-order valence-corrected chi connectivity index (χ0v) is 41.9. The average molecular weight is 896 g/mol. The normalized spacial score (nSPS) is 13.5. The fourth-order valence-corrected chi connectivity index (χ4v) is 7.37. The highest BCUT2D eigenvalue weighted by Gasteiger charge is 2.25. The van der Waals surface area contributed by atoms with Gasteiger partial charge in [-0.2, -0.15) is 0 Å². The van der Waals surface area contributed by atoms with Gasteiger partial charge in [-0.25, -0.2) is 0 Å². The number of esters is 2. The third kappa shape index (κ3) is 44.0. The number of carbonyl (C=O) groups is 3. The van der Waals surface area contributed by atoms with Gasteiger partial charge in [0.15, 0.2) is 6.10 Å². The summed E-state index contributed by atoms with van der Waals surface area (Å²) in [5.41, 5.74) is 0. The van der Waals surface area contributed by atoms with E-state index in [0.717, 1.165) is 70.6 Å². The summed E-state index contributed by atoms with van der Waals surface area (Å²) in [6.07, 6.45) is 59.4. The standard InChI is InChI=1S/C56H97NO7/c1-6-8-10-12-14-16-18-20-22-24-26-27-29-30-32-34-36-38-40-42-44-46-54(58)63-51-52(50-62-49-48-53(56(60)61)57(3,4)5)64-55(59)47-45-43-41-39-37-35-33-31-28-25-23-21-19-17-15-13-11-9-7-2/h8,10,14,16,20,22,26-27,30,32,36,38,52-53H,6-7,9,11-13,15,17-19,21,23-25,28-29,31,33-35,37,39-51H2,1-5H3/b10-8+,16-14+,22-20+,27-26+,32-30+,38-36+. The van der Waals surface area contributed by atoms with Crippen LogP contribution in [-0.4, -0.2) is 75.5 Å². The van der Waals surface area contributed by atoms with Crippen molar-refractivity contribution in [3.8, 4) is 0 Å². The summed E-state index contributed by atoms with van der Waals surface area (Å²) in [5.74, 6) is -1.79. The Hall–Kier alpha value is -3.23. The minimum atomic E-state index is -1.13. The molecule has 0 fully saturated rings. The Morgan fingerprint density at radius 2 is 0.875 bits per heavy atom. The molecule has 0 saturated heterocycles. The lowest BCUT2D eigenvalue weighted by Gasteiger charge is -2.34. The van der Waals surface area contributed by atoms with E-state index >= 15 is 0 Å². The number of likely N-dealkylation sites (N-methyl/N-ethyl adjacent to an activating group) is 1. The average Bonchev–Trinajstić information content (AvgIpc) is 3.26. The molecule has 2 atom stereocenters. The molecule has 0 aliphatic carbocycles. The quantitative estimate of drug-likeness (QED) is 0.0259. The summed E-state index contributed by atoms with van der Waals surface area (Å²) in [5, 5.41) is 11.7. The summed E-state index contributed by atoms with van der Waals surface area (Å²) in [6, 6.07) is -0.735. The van der Waals surface area contributed by atoms with Crippen molar-refractivity contribution in [3.63, 3.8) is 0 Å². The Morgan fingerprint density at radius 3 is 1.30 bits per heavy atom. The van der Waals surface area contributed by atoms with Crippen molar-refractivity contribution in [1.29, 1.82) is 0 Å². The zero-order chi connectivity index (χ0) is 47.0. The Kier molecular flexibility index (Phi) is 44.0. The van der Waals surface area contributed by atoms with E-state index in [-0.39, 0.29) is 42.7 Å². The molecule has 0 heterocycles. The summed E-state index contributed by atoms with van der Waals surface area (Å²) in [4.78, 5) is 37.0. The Labute approximate surface area is 393 Å². The third-order valence-corrected chi connectivity index (χ3v) is 11.4. The number of unbranched alkanes of at least 4 members (excludes halogenated alkanes) is 20. The van der Waals surface area contributed by atoms with E-state index in [9.17, 15) is 19.5 Å². The Morgan fingerprint density at radius 1 is 0.484 bits per heavy atom. The van der Waals surface area contributed by atoms with Crippen LogP contribution in [0.1, 0.15) is 213 Å². The number of nitrogens with zero attached hydrogens (tertiary/aromatic N) is 1. The molecule has 0 rings (SSSR count). The fourth-order valence-electron chi connectivity index (χ4n) is 7.37. The minimum Gasteiger partial charge on any atom is -0.544 e.